The molecule has 0 aliphatic rings. The Labute approximate surface area is 161 Å². The monoisotopic (exact) mass is 391 g/mol. The number of halogens is 2. The molecule has 0 aliphatic heterocycles. The number of likely N-dealkylation sites (N-methyl/N-ethyl adjacent to an activating group) is 1. The van der Waals surface area contributed by atoms with Gasteiger partial charge in [0.15, 0.2) is 13.1 Å². The minimum Gasteiger partial charge on any atom is -0.322 e. The van der Waals surface area contributed by atoms with Crippen LogP contribution in [0, 0.1) is 11.3 Å². The molecule has 0 radical (unpaired) electrons. The number of nitrogens with zero attached hydrogens (tertiary/aromatic N) is 1. The molecule has 1 unspecified atom stereocenters. The number of benzene rings is 2. The average Bonchev–Trinajstić information content (AvgIpc) is 2.58. The molecule has 0 saturated heterocycles. The number of carbonyl (C=O) groups excluding carboxylic acids is 2. The molecule has 2 aromatic carbocycles. The number of anilines is 2. The zero-order valence-electron chi connectivity index (χ0n) is 14.0. The molecule has 0 spiro atoms. The zero-order valence-corrected chi connectivity index (χ0v) is 15.5. The van der Waals surface area contributed by atoms with Gasteiger partial charge in [-0.2, -0.15) is 5.26 Å². The average molecular weight is 392 g/mol. The van der Waals surface area contributed by atoms with E-state index in [0.29, 0.717) is 31.9 Å². The molecule has 3 N–H and O–H groups in total. The van der Waals surface area contributed by atoms with E-state index in [1.807, 2.05) is 6.07 Å². The Bertz CT molecular complexity index is 847. The maximum Gasteiger partial charge on any atom is 0.279 e. The van der Waals surface area contributed by atoms with Gasteiger partial charge in [0.05, 0.1) is 28.7 Å². The van der Waals surface area contributed by atoms with Crippen LogP contribution in [0.1, 0.15) is 5.56 Å². The summed E-state index contributed by atoms with van der Waals surface area (Å²) in [5.41, 5.74) is 1.66. The number of hydrogen-bond acceptors (Lipinski definition) is 3. The fourth-order valence-corrected chi connectivity index (χ4v) is 2.52. The molecule has 6 nitrogen and oxygen atoms in total. The lowest BCUT2D eigenvalue weighted by atomic mass is 10.2. The number of hydrogen-bond donors (Lipinski definition) is 3. The number of amides is 2. The van der Waals surface area contributed by atoms with Crippen molar-refractivity contribution in [2.75, 3.05) is 30.8 Å². The largest absolute Gasteiger partial charge is 0.322 e. The molecule has 0 fully saturated rings. The van der Waals surface area contributed by atoms with Crippen molar-refractivity contribution in [3.8, 4) is 6.07 Å². The normalized spacial score (nSPS) is 11.3. The van der Waals surface area contributed by atoms with Gasteiger partial charge in [0, 0.05) is 11.4 Å². The molecule has 134 valence electrons. The summed E-state index contributed by atoms with van der Waals surface area (Å²) in [6, 6.07) is 13.4. The Kier molecular flexibility index (Phi) is 6.98. The summed E-state index contributed by atoms with van der Waals surface area (Å²) < 4.78 is 0. The number of nitriles is 1. The summed E-state index contributed by atoms with van der Waals surface area (Å²) in [6.07, 6.45) is 0. The molecular weight excluding hydrogens is 375 g/mol. The maximum atomic E-state index is 12.1. The Hall–Kier alpha value is -2.59. The van der Waals surface area contributed by atoms with Gasteiger partial charge in [0.1, 0.15) is 0 Å². The second kappa shape index (κ2) is 9.20. The van der Waals surface area contributed by atoms with Gasteiger partial charge in [-0.3, -0.25) is 9.59 Å². The second-order valence-corrected chi connectivity index (χ2v) is 6.54. The lowest BCUT2D eigenvalue weighted by molar-refractivity contribution is -0.862. The number of nitrogens with one attached hydrogen (secondary N) is 3. The SMILES string of the molecule is C[NH+](CC(=O)Nc1ccc(C#N)cc1)CC(=O)Nc1ccc(Cl)c(Cl)c1. The van der Waals surface area contributed by atoms with Gasteiger partial charge < -0.3 is 15.5 Å². The summed E-state index contributed by atoms with van der Waals surface area (Å²) >= 11 is 11.7. The number of quaternary nitrogens is 1. The van der Waals surface area contributed by atoms with Gasteiger partial charge in [0.25, 0.3) is 11.8 Å². The predicted octanol–water partition coefficient (Wildman–Crippen LogP) is 1.96. The van der Waals surface area contributed by atoms with Crippen molar-refractivity contribution in [3.05, 3.63) is 58.1 Å². The van der Waals surface area contributed by atoms with Gasteiger partial charge >= 0.3 is 0 Å². The van der Waals surface area contributed by atoms with Gasteiger partial charge in [-0.25, -0.2) is 0 Å². The molecule has 0 aliphatic carbocycles. The van der Waals surface area contributed by atoms with Crippen molar-refractivity contribution in [3.63, 3.8) is 0 Å². The molecule has 0 bridgehead atoms. The molecule has 2 rings (SSSR count). The molecule has 1 atom stereocenters. The highest BCUT2D eigenvalue weighted by atomic mass is 35.5. The van der Waals surface area contributed by atoms with Crippen LogP contribution < -0.4 is 15.5 Å². The maximum absolute atomic E-state index is 12.1. The smallest absolute Gasteiger partial charge is 0.279 e. The van der Waals surface area contributed by atoms with Gasteiger partial charge in [-0.05, 0) is 42.5 Å². The fourth-order valence-electron chi connectivity index (χ4n) is 2.22. The molecule has 0 saturated carbocycles. The van der Waals surface area contributed by atoms with Gasteiger partial charge in [0.2, 0.25) is 0 Å². The Morgan fingerprint density at radius 1 is 0.962 bits per heavy atom. The van der Waals surface area contributed by atoms with E-state index in [1.54, 1.807) is 49.5 Å². The van der Waals surface area contributed by atoms with Crippen LogP contribution in [0.15, 0.2) is 42.5 Å². The topological polar surface area (TPSA) is 86.4 Å². The first-order valence-corrected chi connectivity index (χ1v) is 8.49. The highest BCUT2D eigenvalue weighted by molar-refractivity contribution is 6.42. The van der Waals surface area contributed by atoms with Crippen molar-refractivity contribution in [1.29, 1.82) is 5.26 Å². The Morgan fingerprint density at radius 2 is 1.50 bits per heavy atom. The van der Waals surface area contributed by atoms with E-state index < -0.39 is 0 Å². The first kappa shape index (κ1) is 19.7. The van der Waals surface area contributed by atoms with E-state index >= 15 is 0 Å². The van der Waals surface area contributed by atoms with E-state index in [2.05, 4.69) is 10.6 Å². The van der Waals surface area contributed by atoms with Gasteiger partial charge in [-0.1, -0.05) is 23.2 Å². The van der Waals surface area contributed by atoms with Crippen LogP contribution in [0.3, 0.4) is 0 Å². The Morgan fingerprint density at radius 3 is 2.04 bits per heavy atom. The minimum absolute atomic E-state index is 0.112. The highest BCUT2D eigenvalue weighted by Crippen LogP contribution is 2.24. The summed E-state index contributed by atoms with van der Waals surface area (Å²) in [7, 11) is 1.74. The second-order valence-electron chi connectivity index (χ2n) is 5.73. The predicted molar refractivity (Wildman–Crippen MR) is 101 cm³/mol. The molecule has 0 aromatic heterocycles. The van der Waals surface area contributed by atoms with Crippen molar-refractivity contribution in [1.82, 2.24) is 0 Å². The van der Waals surface area contributed by atoms with Crippen LogP contribution >= 0.6 is 23.2 Å². The van der Waals surface area contributed by atoms with E-state index in [0.717, 1.165) is 0 Å². The van der Waals surface area contributed by atoms with Crippen molar-refractivity contribution >= 4 is 46.4 Å². The van der Waals surface area contributed by atoms with E-state index in [1.165, 1.54) is 0 Å². The first-order chi connectivity index (χ1) is 12.4. The lowest BCUT2D eigenvalue weighted by Crippen LogP contribution is -3.11. The molecule has 0 heterocycles. The molecule has 8 heteroatoms. The van der Waals surface area contributed by atoms with Crippen LogP contribution in [-0.2, 0) is 9.59 Å². The van der Waals surface area contributed by atoms with E-state index in [9.17, 15) is 9.59 Å². The summed E-state index contributed by atoms with van der Waals surface area (Å²) in [5.74, 6) is -0.471. The van der Waals surface area contributed by atoms with Crippen LogP contribution in [0.5, 0.6) is 0 Å². The Balaban J connectivity index is 1.81. The van der Waals surface area contributed by atoms with Gasteiger partial charge in [-0.15, -0.1) is 0 Å². The number of carbonyl (C=O) groups is 2. The standard InChI is InChI=1S/C18H16Cl2N4O2/c1-24(10-17(25)22-13-4-2-12(9-21)3-5-13)11-18(26)23-14-6-7-15(19)16(20)8-14/h2-8H,10-11H2,1H3,(H,22,25)(H,23,26)/p+1. The molecule has 26 heavy (non-hydrogen) atoms. The first-order valence-electron chi connectivity index (χ1n) is 7.73. The van der Waals surface area contributed by atoms with Crippen LogP contribution in [-0.4, -0.2) is 32.0 Å². The quantitative estimate of drug-likeness (QED) is 0.703. The third-order valence-electron chi connectivity index (χ3n) is 3.43. The zero-order chi connectivity index (χ0) is 19.1. The third kappa shape index (κ3) is 6.05. The lowest BCUT2D eigenvalue weighted by Gasteiger charge is -2.14. The van der Waals surface area contributed by atoms with Crippen LogP contribution in [0.25, 0.3) is 0 Å². The summed E-state index contributed by atoms with van der Waals surface area (Å²) in [5, 5.41) is 15.0. The van der Waals surface area contributed by atoms with Crippen molar-refractivity contribution in [2.45, 2.75) is 0 Å². The van der Waals surface area contributed by atoms with E-state index in [-0.39, 0.29) is 24.9 Å². The van der Waals surface area contributed by atoms with E-state index in [4.69, 9.17) is 28.5 Å². The number of rotatable bonds is 6. The molecule has 2 amide bonds. The van der Waals surface area contributed by atoms with Crippen LogP contribution in [0.2, 0.25) is 10.0 Å². The summed E-state index contributed by atoms with van der Waals surface area (Å²) in [6.45, 7) is 0.232. The van der Waals surface area contributed by atoms with Crippen molar-refractivity contribution < 1.29 is 14.5 Å². The molecule has 2 aromatic rings. The summed E-state index contributed by atoms with van der Waals surface area (Å²) in [4.78, 5) is 24.8. The third-order valence-corrected chi connectivity index (χ3v) is 4.16. The highest BCUT2D eigenvalue weighted by Gasteiger charge is 2.15. The van der Waals surface area contributed by atoms with Crippen LogP contribution in [0.4, 0.5) is 11.4 Å². The molecular formula is C18H17Cl2N4O2+. The van der Waals surface area contributed by atoms with Crippen molar-refractivity contribution in [2.24, 2.45) is 0 Å². The minimum atomic E-state index is -0.243. The fraction of sp³-hybridized carbons (Fsp3) is 0.167.